The molecule has 1 saturated carbocycles. The highest BCUT2D eigenvalue weighted by molar-refractivity contribution is 8.00. The topological polar surface area (TPSA) is 67.9 Å². The molecule has 1 aliphatic heterocycles. The number of benzene rings is 1. The molecule has 1 aliphatic carbocycles. The van der Waals surface area contributed by atoms with Crippen molar-refractivity contribution < 1.29 is 19.1 Å². The van der Waals surface area contributed by atoms with Gasteiger partial charge in [-0.3, -0.25) is 9.59 Å². The molecule has 0 aromatic heterocycles. The Bertz CT molecular complexity index is 618. The summed E-state index contributed by atoms with van der Waals surface area (Å²) in [6.07, 6.45) is 2.06. The first-order valence-electron chi connectivity index (χ1n) is 7.54. The average molecular weight is 336 g/mol. The van der Waals surface area contributed by atoms with E-state index in [0.717, 1.165) is 18.4 Å². The van der Waals surface area contributed by atoms with Crippen LogP contribution in [0.25, 0.3) is 0 Å². The number of nitrogens with zero attached hydrogens (tertiary/aromatic N) is 1. The summed E-state index contributed by atoms with van der Waals surface area (Å²) in [7, 11) is 3.19. The second-order valence-electron chi connectivity index (χ2n) is 5.63. The van der Waals surface area contributed by atoms with Gasteiger partial charge in [-0.1, -0.05) is 0 Å². The van der Waals surface area contributed by atoms with Gasteiger partial charge in [-0.15, -0.1) is 11.8 Å². The minimum atomic E-state index is -0.238. The van der Waals surface area contributed by atoms with Crippen molar-refractivity contribution in [1.82, 2.24) is 10.2 Å². The zero-order valence-electron chi connectivity index (χ0n) is 13.2. The van der Waals surface area contributed by atoms with Crippen LogP contribution in [0.3, 0.4) is 0 Å². The van der Waals surface area contributed by atoms with Crippen molar-refractivity contribution in [3.05, 3.63) is 23.8 Å². The highest BCUT2D eigenvalue weighted by Gasteiger charge is 2.36. The van der Waals surface area contributed by atoms with Crippen molar-refractivity contribution in [1.29, 1.82) is 0 Å². The van der Waals surface area contributed by atoms with E-state index in [2.05, 4.69) is 5.32 Å². The summed E-state index contributed by atoms with van der Waals surface area (Å²) in [4.78, 5) is 25.9. The van der Waals surface area contributed by atoms with Gasteiger partial charge in [0.1, 0.15) is 23.4 Å². The third kappa shape index (κ3) is 3.55. The van der Waals surface area contributed by atoms with Crippen molar-refractivity contribution in [2.75, 3.05) is 26.5 Å². The molecule has 23 heavy (non-hydrogen) atoms. The molecule has 1 saturated heterocycles. The molecule has 3 rings (SSSR count). The second-order valence-corrected chi connectivity index (χ2v) is 6.70. The van der Waals surface area contributed by atoms with E-state index in [-0.39, 0.29) is 29.8 Å². The van der Waals surface area contributed by atoms with Crippen LogP contribution >= 0.6 is 11.8 Å². The number of amides is 2. The maximum absolute atomic E-state index is 12.2. The van der Waals surface area contributed by atoms with Gasteiger partial charge in [-0.25, -0.2) is 0 Å². The summed E-state index contributed by atoms with van der Waals surface area (Å²) in [5, 5.41) is 2.69. The number of hydrogen-bond acceptors (Lipinski definition) is 5. The van der Waals surface area contributed by atoms with E-state index in [1.165, 1.54) is 11.8 Å². The van der Waals surface area contributed by atoms with E-state index in [4.69, 9.17) is 9.47 Å². The summed E-state index contributed by atoms with van der Waals surface area (Å²) in [6.45, 7) is 0.0768. The molecule has 1 aromatic rings. The summed E-state index contributed by atoms with van der Waals surface area (Å²) in [5.41, 5.74) is 0.849. The zero-order valence-corrected chi connectivity index (χ0v) is 14.0. The van der Waals surface area contributed by atoms with Crippen molar-refractivity contribution in [3.8, 4) is 11.5 Å². The van der Waals surface area contributed by atoms with Gasteiger partial charge in [0, 0.05) is 11.6 Å². The number of nitrogens with one attached hydrogen (secondary N) is 1. The van der Waals surface area contributed by atoms with Crippen LogP contribution < -0.4 is 14.8 Å². The van der Waals surface area contributed by atoms with Gasteiger partial charge in [0.05, 0.1) is 20.0 Å². The Hall–Kier alpha value is -1.89. The molecule has 2 fully saturated rings. The van der Waals surface area contributed by atoms with Gasteiger partial charge in [0.25, 0.3) is 0 Å². The standard InChI is InChI=1S/C16H20N2O4S/c1-21-11-5-6-13(22-2)12(7-11)16-18(15(20)9-23-16)8-14(19)17-10-3-4-10/h5-7,10,16H,3-4,8-9H2,1-2H3,(H,17,19)/t16-/m1/s1. The van der Waals surface area contributed by atoms with Crippen LogP contribution in [0.1, 0.15) is 23.8 Å². The molecular weight excluding hydrogens is 316 g/mol. The number of thioether (sulfide) groups is 1. The van der Waals surface area contributed by atoms with Crippen molar-refractivity contribution >= 4 is 23.6 Å². The minimum Gasteiger partial charge on any atom is -0.497 e. The van der Waals surface area contributed by atoms with Crippen molar-refractivity contribution in [2.24, 2.45) is 0 Å². The summed E-state index contributed by atoms with van der Waals surface area (Å²) < 4.78 is 10.7. The SMILES string of the molecule is COc1ccc(OC)c([C@H]2SCC(=O)N2CC(=O)NC2CC2)c1. The molecule has 124 valence electrons. The fourth-order valence-corrected chi connectivity index (χ4v) is 3.77. The molecule has 2 amide bonds. The van der Waals surface area contributed by atoms with E-state index in [9.17, 15) is 9.59 Å². The maximum Gasteiger partial charge on any atom is 0.239 e. The molecule has 1 aromatic carbocycles. The molecule has 6 nitrogen and oxygen atoms in total. The van der Waals surface area contributed by atoms with Gasteiger partial charge in [-0.2, -0.15) is 0 Å². The normalized spacial score (nSPS) is 20.5. The Balaban J connectivity index is 1.81. The van der Waals surface area contributed by atoms with Gasteiger partial charge >= 0.3 is 0 Å². The van der Waals surface area contributed by atoms with E-state index in [1.54, 1.807) is 19.1 Å². The van der Waals surface area contributed by atoms with Crippen molar-refractivity contribution in [2.45, 2.75) is 24.3 Å². The first-order chi connectivity index (χ1) is 11.1. The molecule has 0 bridgehead atoms. The van der Waals surface area contributed by atoms with E-state index in [1.807, 2.05) is 18.2 Å². The Morgan fingerprint density at radius 1 is 1.35 bits per heavy atom. The molecule has 1 atom stereocenters. The summed E-state index contributed by atoms with van der Waals surface area (Å²) in [6, 6.07) is 5.78. The van der Waals surface area contributed by atoms with Gasteiger partial charge in [-0.05, 0) is 31.0 Å². The molecule has 1 heterocycles. The third-order valence-electron chi connectivity index (χ3n) is 3.93. The fourth-order valence-electron chi connectivity index (χ4n) is 2.57. The highest BCUT2D eigenvalue weighted by Crippen LogP contribution is 2.43. The Kier molecular flexibility index (Phi) is 4.66. The van der Waals surface area contributed by atoms with Gasteiger partial charge in [0.2, 0.25) is 11.8 Å². The average Bonchev–Trinajstić information content (AvgIpc) is 3.30. The van der Waals surface area contributed by atoms with Gasteiger partial charge < -0.3 is 19.7 Å². The lowest BCUT2D eigenvalue weighted by Gasteiger charge is -2.25. The Labute approximate surface area is 139 Å². The van der Waals surface area contributed by atoms with Crippen LogP contribution in [0.5, 0.6) is 11.5 Å². The van der Waals surface area contributed by atoms with Crippen molar-refractivity contribution in [3.63, 3.8) is 0 Å². The van der Waals surface area contributed by atoms with Crippen LogP contribution in [0.2, 0.25) is 0 Å². The largest absolute Gasteiger partial charge is 0.497 e. The predicted molar refractivity (Wildman–Crippen MR) is 87.6 cm³/mol. The lowest BCUT2D eigenvalue weighted by Crippen LogP contribution is -2.40. The minimum absolute atomic E-state index is 0.0316. The first kappa shape index (κ1) is 16.0. The van der Waals surface area contributed by atoms with Gasteiger partial charge in [0.15, 0.2) is 0 Å². The van der Waals surface area contributed by atoms with Crippen LogP contribution in [0.4, 0.5) is 0 Å². The zero-order chi connectivity index (χ0) is 16.4. The van der Waals surface area contributed by atoms with Crippen LogP contribution in [0.15, 0.2) is 18.2 Å². The summed E-state index contributed by atoms with van der Waals surface area (Å²) in [5.74, 6) is 1.61. The highest BCUT2D eigenvalue weighted by atomic mass is 32.2. The number of methoxy groups -OCH3 is 2. The van der Waals surface area contributed by atoms with Crippen LogP contribution in [-0.4, -0.2) is 49.3 Å². The third-order valence-corrected chi connectivity index (χ3v) is 5.17. The first-order valence-corrected chi connectivity index (χ1v) is 8.59. The maximum atomic E-state index is 12.2. The molecule has 0 unspecified atom stereocenters. The molecule has 7 heteroatoms. The predicted octanol–water partition coefficient (Wildman–Crippen LogP) is 1.56. The number of ether oxygens (including phenoxy) is 2. The van der Waals surface area contributed by atoms with E-state index >= 15 is 0 Å². The molecule has 2 aliphatic rings. The number of rotatable bonds is 6. The summed E-state index contributed by atoms with van der Waals surface area (Å²) >= 11 is 1.50. The quantitative estimate of drug-likeness (QED) is 0.854. The monoisotopic (exact) mass is 336 g/mol. The lowest BCUT2D eigenvalue weighted by atomic mass is 10.1. The number of hydrogen-bond donors (Lipinski definition) is 1. The molecular formula is C16H20N2O4S. The Morgan fingerprint density at radius 2 is 2.13 bits per heavy atom. The molecule has 1 N–H and O–H groups in total. The number of carbonyl (C=O) groups excluding carboxylic acids is 2. The lowest BCUT2D eigenvalue weighted by molar-refractivity contribution is -0.133. The second kappa shape index (κ2) is 6.70. The molecule has 0 radical (unpaired) electrons. The van der Waals surface area contributed by atoms with Crippen LogP contribution in [0, 0.1) is 0 Å². The molecule has 0 spiro atoms. The van der Waals surface area contributed by atoms with E-state index < -0.39 is 0 Å². The Morgan fingerprint density at radius 3 is 2.78 bits per heavy atom. The fraction of sp³-hybridized carbons (Fsp3) is 0.500. The van der Waals surface area contributed by atoms with E-state index in [0.29, 0.717) is 17.3 Å². The van der Waals surface area contributed by atoms with Crippen LogP contribution in [-0.2, 0) is 9.59 Å². The number of carbonyl (C=O) groups is 2. The smallest absolute Gasteiger partial charge is 0.239 e.